The summed E-state index contributed by atoms with van der Waals surface area (Å²) < 4.78 is 36.7. The van der Waals surface area contributed by atoms with Gasteiger partial charge in [0.2, 0.25) is 0 Å². The Labute approximate surface area is 248 Å². The number of hydrogen-bond acceptors (Lipinski definition) is 7. The quantitative estimate of drug-likeness (QED) is 0.299. The van der Waals surface area contributed by atoms with Gasteiger partial charge in [-0.25, -0.2) is 8.78 Å². The maximum Gasteiger partial charge on any atom is 0.319 e. The molecule has 2 aromatic carbocycles. The summed E-state index contributed by atoms with van der Waals surface area (Å²) in [7, 11) is 0. The molecule has 4 fully saturated rings. The van der Waals surface area contributed by atoms with Gasteiger partial charge in [-0.1, -0.05) is 41.9 Å². The second-order valence-electron chi connectivity index (χ2n) is 12.4. The Morgan fingerprint density at radius 2 is 1.86 bits per heavy atom. The first kappa shape index (κ1) is 26.5. The van der Waals surface area contributed by atoms with E-state index in [1.807, 2.05) is 30.3 Å². The highest BCUT2D eigenvalue weighted by Crippen LogP contribution is 2.43. The molecule has 0 saturated carbocycles. The molecule has 4 aliphatic rings. The van der Waals surface area contributed by atoms with Gasteiger partial charge in [0.15, 0.2) is 5.82 Å². The predicted octanol–water partition coefficient (Wildman–Crippen LogP) is 5.92. The van der Waals surface area contributed by atoms with Crippen LogP contribution in [0.1, 0.15) is 38.5 Å². The number of benzene rings is 2. The van der Waals surface area contributed by atoms with Gasteiger partial charge in [-0.05, 0) is 56.5 Å². The van der Waals surface area contributed by atoms with Gasteiger partial charge in [0.05, 0.1) is 10.9 Å². The number of halogens is 3. The van der Waals surface area contributed by atoms with Crippen LogP contribution in [0.5, 0.6) is 6.01 Å². The molecular weight excluding hydrogens is 558 g/mol. The second kappa shape index (κ2) is 10.2. The number of piperazine rings is 1. The van der Waals surface area contributed by atoms with Crippen molar-refractivity contribution in [3.8, 4) is 17.3 Å². The van der Waals surface area contributed by atoms with Gasteiger partial charge in [-0.15, -0.1) is 0 Å². The van der Waals surface area contributed by atoms with Gasteiger partial charge in [-0.2, -0.15) is 9.97 Å². The van der Waals surface area contributed by atoms with Crippen LogP contribution in [-0.2, 0) is 0 Å². The Bertz CT molecular complexity index is 1670. The Balaban J connectivity index is 1.23. The molecule has 0 amide bonds. The summed E-state index contributed by atoms with van der Waals surface area (Å²) in [5.41, 5.74) is 0.776. The number of hydrogen-bond donors (Lipinski definition) is 1. The van der Waals surface area contributed by atoms with Gasteiger partial charge < -0.3 is 15.0 Å². The van der Waals surface area contributed by atoms with Gasteiger partial charge in [0.25, 0.3) is 0 Å². The molecule has 10 heteroatoms. The molecule has 0 aliphatic carbocycles. The predicted molar refractivity (Wildman–Crippen MR) is 161 cm³/mol. The lowest BCUT2D eigenvalue weighted by atomic mass is 9.95. The van der Waals surface area contributed by atoms with Crippen LogP contribution in [0.4, 0.5) is 14.6 Å². The average Bonchev–Trinajstić information content (AvgIpc) is 3.68. The monoisotopic (exact) mass is 590 g/mol. The van der Waals surface area contributed by atoms with Gasteiger partial charge in [0.1, 0.15) is 30.3 Å². The van der Waals surface area contributed by atoms with Crippen LogP contribution >= 0.6 is 11.6 Å². The summed E-state index contributed by atoms with van der Waals surface area (Å²) in [6.07, 6.45) is 7.59. The Morgan fingerprint density at radius 3 is 2.67 bits per heavy atom. The van der Waals surface area contributed by atoms with Crippen LogP contribution in [0.3, 0.4) is 0 Å². The Kier molecular flexibility index (Phi) is 6.46. The van der Waals surface area contributed by atoms with Crippen LogP contribution in [-0.4, -0.2) is 76.4 Å². The smallest absolute Gasteiger partial charge is 0.319 e. The minimum absolute atomic E-state index is 0.0564. The number of aromatic nitrogens is 3. The molecule has 4 aromatic rings. The Morgan fingerprint density at radius 1 is 1.05 bits per heavy atom. The molecule has 2 unspecified atom stereocenters. The fourth-order valence-electron chi connectivity index (χ4n) is 7.95. The third-order valence-electron chi connectivity index (χ3n) is 9.95. The molecule has 4 atom stereocenters. The van der Waals surface area contributed by atoms with E-state index in [9.17, 15) is 4.39 Å². The Hall–Kier alpha value is -3.14. The van der Waals surface area contributed by atoms with Crippen LogP contribution in [0, 0.1) is 5.82 Å². The van der Waals surface area contributed by atoms with Crippen molar-refractivity contribution < 1.29 is 13.5 Å². The first-order valence-corrected chi connectivity index (χ1v) is 15.4. The highest BCUT2D eigenvalue weighted by molar-refractivity contribution is 6.36. The summed E-state index contributed by atoms with van der Waals surface area (Å²) in [6.45, 7) is 2.45. The number of nitrogens with one attached hydrogen (secondary N) is 1. The molecule has 1 N–H and O–H groups in total. The molecule has 2 bridgehead atoms. The highest BCUT2D eigenvalue weighted by atomic mass is 35.5. The fourth-order valence-corrected chi connectivity index (χ4v) is 8.24. The number of alkyl halides is 1. The van der Waals surface area contributed by atoms with E-state index < -0.39 is 5.82 Å². The molecule has 4 aliphatic heterocycles. The van der Waals surface area contributed by atoms with E-state index in [0.717, 1.165) is 68.9 Å². The second-order valence-corrected chi connectivity index (χ2v) is 12.8. The van der Waals surface area contributed by atoms with E-state index in [1.165, 1.54) is 0 Å². The highest BCUT2D eigenvalue weighted by Gasteiger charge is 2.50. The number of pyridine rings is 1. The number of fused-ring (bicyclic) bond motifs is 5. The van der Waals surface area contributed by atoms with Crippen LogP contribution in [0.15, 0.2) is 42.6 Å². The first-order valence-electron chi connectivity index (χ1n) is 15.0. The molecule has 7 nitrogen and oxygen atoms in total. The van der Waals surface area contributed by atoms with Crippen molar-refractivity contribution >= 4 is 39.1 Å². The van der Waals surface area contributed by atoms with E-state index in [0.29, 0.717) is 40.5 Å². The molecule has 0 spiro atoms. The molecule has 42 heavy (non-hydrogen) atoms. The topological polar surface area (TPSA) is 66.4 Å². The van der Waals surface area contributed by atoms with E-state index in [2.05, 4.69) is 25.1 Å². The molecule has 8 rings (SSSR count). The number of ether oxygens (including phenoxy) is 1. The summed E-state index contributed by atoms with van der Waals surface area (Å²) in [5.74, 6) is 0.127. The van der Waals surface area contributed by atoms with Crippen molar-refractivity contribution in [3.63, 3.8) is 0 Å². The summed E-state index contributed by atoms with van der Waals surface area (Å²) in [4.78, 5) is 18.7. The van der Waals surface area contributed by atoms with Gasteiger partial charge in [-0.3, -0.25) is 9.88 Å². The van der Waals surface area contributed by atoms with Crippen molar-refractivity contribution in [1.29, 1.82) is 0 Å². The largest absolute Gasteiger partial charge is 0.461 e. The molecule has 218 valence electrons. The lowest BCUT2D eigenvalue weighted by Crippen LogP contribution is -2.51. The fraction of sp³-hybridized carbons (Fsp3) is 0.469. The minimum atomic E-state index is -0.523. The summed E-state index contributed by atoms with van der Waals surface area (Å²) in [5, 5.41) is 6.42. The number of rotatable bonds is 6. The molecular formula is C32H33ClF2N6O. The standard InChI is InChI=1S/C32H33ClF2N6O/c33-25-7-2-5-19-4-1-6-23(26(19)25)28-27(35)29-24(15-36-28)30(40-16-20-8-9-21(17-40)37-20)39-31(38-29)42-18-32-11-3-13-41(32)22(14-34)10-12-32/h1-2,4-7,15,20-22,37H,3,8-14,16-18H2/t20-,21+,22?,32?. The number of nitrogens with zero attached hydrogens (tertiary/aromatic N) is 5. The summed E-state index contributed by atoms with van der Waals surface area (Å²) in [6, 6.07) is 12.2. The first-order chi connectivity index (χ1) is 20.5. The zero-order chi connectivity index (χ0) is 28.4. The zero-order valence-corrected chi connectivity index (χ0v) is 24.1. The van der Waals surface area contributed by atoms with Gasteiger partial charge in [0, 0.05) is 53.4 Å². The van der Waals surface area contributed by atoms with E-state index in [1.54, 1.807) is 12.3 Å². The van der Waals surface area contributed by atoms with Crippen molar-refractivity contribution in [2.45, 2.75) is 62.2 Å². The summed E-state index contributed by atoms with van der Waals surface area (Å²) >= 11 is 6.60. The maximum absolute atomic E-state index is 16.6. The van der Waals surface area contributed by atoms with Crippen LogP contribution in [0.25, 0.3) is 32.9 Å². The van der Waals surface area contributed by atoms with Crippen molar-refractivity contribution in [3.05, 3.63) is 53.4 Å². The third kappa shape index (κ3) is 4.23. The molecule has 0 radical (unpaired) electrons. The van der Waals surface area contributed by atoms with Gasteiger partial charge >= 0.3 is 6.01 Å². The third-order valence-corrected chi connectivity index (χ3v) is 10.3. The lowest BCUT2D eigenvalue weighted by molar-refractivity contribution is 0.0772. The maximum atomic E-state index is 16.6. The van der Waals surface area contributed by atoms with E-state index in [4.69, 9.17) is 21.3 Å². The lowest BCUT2D eigenvalue weighted by Gasteiger charge is -2.35. The number of anilines is 1. The van der Waals surface area contributed by atoms with E-state index >= 15 is 4.39 Å². The molecule has 2 aromatic heterocycles. The molecule has 6 heterocycles. The zero-order valence-electron chi connectivity index (χ0n) is 23.3. The average molecular weight is 591 g/mol. The molecule has 4 saturated heterocycles. The van der Waals surface area contributed by atoms with Crippen molar-refractivity contribution in [1.82, 2.24) is 25.2 Å². The van der Waals surface area contributed by atoms with Crippen LogP contribution in [0.2, 0.25) is 5.02 Å². The van der Waals surface area contributed by atoms with Crippen molar-refractivity contribution in [2.24, 2.45) is 0 Å². The minimum Gasteiger partial charge on any atom is -0.461 e. The SMILES string of the molecule is FCC1CCC2(COc3nc(N4C[C@H]5CC[C@@H](C4)N5)c4cnc(-c5cccc6cccc(Cl)c56)c(F)c4n3)CCCN12. The van der Waals surface area contributed by atoms with Crippen molar-refractivity contribution in [2.75, 3.05) is 37.8 Å². The van der Waals surface area contributed by atoms with E-state index in [-0.39, 0.29) is 35.5 Å². The van der Waals surface area contributed by atoms with Crippen LogP contribution < -0.4 is 15.0 Å². The normalized spacial score (nSPS) is 27.3.